The smallest absolute Gasteiger partial charge is 0.251 e. The number of benzene rings is 1. The van der Waals surface area contributed by atoms with Gasteiger partial charge in [-0.2, -0.15) is 0 Å². The number of piperidine rings is 1. The molecule has 112 valence electrons. The Hall–Kier alpha value is -2.41. The van der Waals surface area contributed by atoms with Crippen LogP contribution in [0, 0.1) is 11.7 Å². The lowest BCUT2D eigenvalue weighted by atomic mass is 9.98. The Balaban J connectivity index is 1.84. The minimum Gasteiger partial charge on any atom is -0.366 e. The maximum absolute atomic E-state index is 13.7. The maximum Gasteiger partial charge on any atom is 0.251 e. The van der Waals surface area contributed by atoms with E-state index in [1.165, 1.54) is 6.07 Å². The molecule has 1 amide bonds. The Bertz CT molecular complexity index is 958. The Labute approximate surface area is 124 Å². The number of H-pyrrole nitrogens is 1. The third-order valence-corrected chi connectivity index (χ3v) is 5.16. The molecule has 1 saturated heterocycles. The summed E-state index contributed by atoms with van der Waals surface area (Å²) in [6, 6.07) is 2.50. The van der Waals surface area contributed by atoms with Crippen molar-refractivity contribution in [1.82, 2.24) is 19.9 Å². The van der Waals surface area contributed by atoms with Gasteiger partial charge in [0.25, 0.3) is 5.91 Å². The van der Waals surface area contributed by atoms with Crippen molar-refractivity contribution in [3.8, 4) is 0 Å². The molecule has 7 heteroatoms. The number of rotatable bonds is 2. The van der Waals surface area contributed by atoms with Crippen molar-refractivity contribution < 1.29 is 9.18 Å². The molecule has 5 rings (SSSR count). The molecule has 1 saturated carbocycles. The third kappa shape index (κ3) is 1.32. The molecule has 0 bridgehead atoms. The van der Waals surface area contributed by atoms with Crippen LogP contribution in [-0.4, -0.2) is 33.6 Å². The van der Waals surface area contributed by atoms with E-state index in [-0.39, 0.29) is 11.0 Å². The molecule has 1 aliphatic heterocycles. The van der Waals surface area contributed by atoms with Gasteiger partial charge in [0.05, 0.1) is 11.1 Å². The summed E-state index contributed by atoms with van der Waals surface area (Å²) >= 11 is 0. The Kier molecular flexibility index (Phi) is 2.03. The fraction of sp³-hybridized carbons (Fsp3) is 0.333. The third-order valence-electron chi connectivity index (χ3n) is 5.16. The number of fused-ring (bicyclic) bond motifs is 4. The number of carbonyl (C=O) groups excluding carboxylic acids is 1. The van der Waals surface area contributed by atoms with Gasteiger partial charge in [-0.1, -0.05) is 0 Å². The molecule has 1 aliphatic carbocycles. The van der Waals surface area contributed by atoms with Gasteiger partial charge in [0, 0.05) is 29.8 Å². The maximum atomic E-state index is 13.7. The standard InChI is InChI=1S/C15H14FN5O/c16-8-1-9(13(17)22)12-11(2-8)20-14-10(5-19-21(12)14)15-3-7(15)4-18-6-15/h1-2,5,7,18-19H,3-4,6H2,(H2,17,22). The molecular weight excluding hydrogens is 285 g/mol. The highest BCUT2D eigenvalue weighted by molar-refractivity contribution is 6.05. The number of hydrogen-bond donors (Lipinski definition) is 3. The van der Waals surface area contributed by atoms with Gasteiger partial charge in [-0.05, 0) is 24.9 Å². The Morgan fingerprint density at radius 1 is 1.50 bits per heavy atom. The summed E-state index contributed by atoms with van der Waals surface area (Å²) in [5.74, 6) is -0.527. The average Bonchev–Trinajstić information content (AvgIpc) is 2.83. The first-order chi connectivity index (χ1) is 10.6. The lowest BCUT2D eigenvalue weighted by Crippen LogP contribution is -2.19. The molecule has 2 atom stereocenters. The van der Waals surface area contributed by atoms with E-state index in [0.717, 1.165) is 36.8 Å². The van der Waals surface area contributed by atoms with E-state index in [0.29, 0.717) is 17.0 Å². The van der Waals surface area contributed by atoms with Crippen molar-refractivity contribution in [3.63, 3.8) is 0 Å². The quantitative estimate of drug-likeness (QED) is 0.657. The zero-order valence-corrected chi connectivity index (χ0v) is 11.7. The molecule has 22 heavy (non-hydrogen) atoms. The highest BCUT2D eigenvalue weighted by Crippen LogP contribution is 2.57. The first-order valence-corrected chi connectivity index (χ1v) is 7.30. The first kappa shape index (κ1) is 12.2. The number of aromatic amines is 1. The number of carbonyl (C=O) groups is 1. The molecule has 2 unspecified atom stereocenters. The van der Waals surface area contributed by atoms with Gasteiger partial charge in [0.15, 0.2) is 5.65 Å². The summed E-state index contributed by atoms with van der Waals surface area (Å²) in [7, 11) is 0. The molecule has 3 heterocycles. The van der Waals surface area contributed by atoms with Crippen LogP contribution < -0.4 is 11.1 Å². The lowest BCUT2D eigenvalue weighted by molar-refractivity contribution is 0.100. The minimum absolute atomic E-state index is 0.133. The summed E-state index contributed by atoms with van der Waals surface area (Å²) in [5.41, 5.74) is 8.54. The molecule has 2 aliphatic rings. The predicted octanol–water partition coefficient (Wildman–Crippen LogP) is 0.914. The van der Waals surface area contributed by atoms with E-state index in [4.69, 9.17) is 5.73 Å². The fourth-order valence-corrected chi connectivity index (χ4v) is 3.99. The van der Waals surface area contributed by atoms with Gasteiger partial charge >= 0.3 is 0 Å². The van der Waals surface area contributed by atoms with Crippen LogP contribution in [0.25, 0.3) is 16.7 Å². The molecule has 1 aromatic carbocycles. The second kappa shape index (κ2) is 3.67. The van der Waals surface area contributed by atoms with Crippen molar-refractivity contribution >= 4 is 22.6 Å². The molecule has 0 radical (unpaired) electrons. The van der Waals surface area contributed by atoms with Gasteiger partial charge in [-0.25, -0.2) is 13.9 Å². The second-order valence-electron chi connectivity index (χ2n) is 6.33. The molecule has 4 N–H and O–H groups in total. The first-order valence-electron chi connectivity index (χ1n) is 7.30. The Morgan fingerprint density at radius 3 is 3.05 bits per heavy atom. The number of halogens is 1. The van der Waals surface area contributed by atoms with E-state index in [1.54, 1.807) is 4.52 Å². The van der Waals surface area contributed by atoms with Crippen molar-refractivity contribution in [2.24, 2.45) is 11.7 Å². The van der Waals surface area contributed by atoms with Crippen molar-refractivity contribution in [2.75, 3.05) is 13.1 Å². The van der Waals surface area contributed by atoms with Gasteiger partial charge in [-0.3, -0.25) is 9.89 Å². The fourth-order valence-electron chi connectivity index (χ4n) is 3.99. The molecule has 0 spiro atoms. The van der Waals surface area contributed by atoms with E-state index >= 15 is 0 Å². The van der Waals surface area contributed by atoms with Crippen LogP contribution in [-0.2, 0) is 5.41 Å². The van der Waals surface area contributed by atoms with E-state index < -0.39 is 11.7 Å². The second-order valence-corrected chi connectivity index (χ2v) is 6.33. The number of nitrogens with two attached hydrogens (primary N) is 1. The number of nitrogens with one attached hydrogen (secondary N) is 2. The predicted molar refractivity (Wildman–Crippen MR) is 78.2 cm³/mol. The summed E-state index contributed by atoms with van der Waals surface area (Å²) in [6.45, 7) is 1.96. The van der Waals surface area contributed by atoms with E-state index in [1.807, 2.05) is 6.20 Å². The molecular formula is C15H14FN5O. The molecule has 6 nitrogen and oxygen atoms in total. The normalized spacial score (nSPS) is 26.7. The van der Waals surface area contributed by atoms with Crippen LogP contribution in [0.2, 0.25) is 0 Å². The molecule has 2 aromatic heterocycles. The van der Waals surface area contributed by atoms with Gasteiger partial charge < -0.3 is 11.1 Å². The molecule has 2 fully saturated rings. The highest BCUT2D eigenvalue weighted by atomic mass is 19.1. The summed E-state index contributed by atoms with van der Waals surface area (Å²) < 4.78 is 15.4. The summed E-state index contributed by atoms with van der Waals surface area (Å²) in [6.07, 6.45) is 3.09. The van der Waals surface area contributed by atoms with E-state index in [9.17, 15) is 9.18 Å². The zero-order valence-electron chi connectivity index (χ0n) is 11.7. The summed E-state index contributed by atoms with van der Waals surface area (Å²) in [4.78, 5) is 16.2. The SMILES string of the molecule is NC(=O)c1cc(F)cc2nc3c(C45CNCC4C5)c[nH]n3c12. The monoisotopic (exact) mass is 299 g/mol. The van der Waals surface area contributed by atoms with Gasteiger partial charge in [0.2, 0.25) is 0 Å². The van der Waals surface area contributed by atoms with Crippen LogP contribution in [0.1, 0.15) is 22.3 Å². The number of primary amides is 1. The van der Waals surface area contributed by atoms with Gasteiger partial charge in [-0.15, -0.1) is 0 Å². The van der Waals surface area contributed by atoms with E-state index in [2.05, 4.69) is 15.4 Å². The van der Waals surface area contributed by atoms with Crippen molar-refractivity contribution in [2.45, 2.75) is 11.8 Å². The topological polar surface area (TPSA) is 88.2 Å². The molecule has 3 aromatic rings. The minimum atomic E-state index is -0.660. The van der Waals surface area contributed by atoms with Crippen molar-refractivity contribution in [1.29, 1.82) is 0 Å². The number of hydrogen-bond acceptors (Lipinski definition) is 3. The van der Waals surface area contributed by atoms with Crippen LogP contribution in [0.15, 0.2) is 18.3 Å². The van der Waals surface area contributed by atoms with Crippen LogP contribution >= 0.6 is 0 Å². The van der Waals surface area contributed by atoms with Crippen LogP contribution in [0.3, 0.4) is 0 Å². The number of amides is 1. The van der Waals surface area contributed by atoms with Crippen LogP contribution in [0.4, 0.5) is 4.39 Å². The number of nitrogens with zero attached hydrogens (tertiary/aromatic N) is 2. The largest absolute Gasteiger partial charge is 0.366 e. The number of imidazole rings is 1. The number of aromatic nitrogens is 3. The van der Waals surface area contributed by atoms with Crippen molar-refractivity contribution in [3.05, 3.63) is 35.3 Å². The van der Waals surface area contributed by atoms with Crippen LogP contribution in [0.5, 0.6) is 0 Å². The highest BCUT2D eigenvalue weighted by Gasteiger charge is 2.59. The lowest BCUT2D eigenvalue weighted by Gasteiger charge is -2.07. The zero-order chi connectivity index (χ0) is 15.1. The average molecular weight is 299 g/mol. The van der Waals surface area contributed by atoms with Gasteiger partial charge in [0.1, 0.15) is 11.3 Å². The summed E-state index contributed by atoms with van der Waals surface area (Å²) in [5, 5.41) is 6.55. The Morgan fingerprint density at radius 2 is 2.36 bits per heavy atom.